The average molecular weight is 332 g/mol. The van der Waals surface area contributed by atoms with Crippen molar-refractivity contribution < 1.29 is 9.53 Å². The van der Waals surface area contributed by atoms with Crippen LogP contribution in [0, 0.1) is 11.6 Å². The molecule has 1 amide bonds. The van der Waals surface area contributed by atoms with Crippen molar-refractivity contribution in [2.75, 3.05) is 12.0 Å². The summed E-state index contributed by atoms with van der Waals surface area (Å²) in [5.41, 5.74) is 5.86. The molecule has 1 aromatic carbocycles. The summed E-state index contributed by atoms with van der Waals surface area (Å²) >= 11 is 0. The van der Waals surface area contributed by atoms with Crippen molar-refractivity contribution in [2.45, 2.75) is 58.2 Å². The number of nitrogens with zero attached hydrogens (tertiary/aromatic N) is 1. The van der Waals surface area contributed by atoms with Gasteiger partial charge in [-0.15, -0.1) is 5.54 Å². The zero-order chi connectivity index (χ0) is 17.6. The maximum atomic E-state index is 12.2. The lowest BCUT2D eigenvalue weighted by Gasteiger charge is -2.38. The van der Waals surface area contributed by atoms with Crippen molar-refractivity contribution in [1.82, 2.24) is 0 Å². The van der Waals surface area contributed by atoms with E-state index in [0.29, 0.717) is 16.6 Å². The van der Waals surface area contributed by atoms with Gasteiger partial charge < -0.3 is 4.74 Å². The van der Waals surface area contributed by atoms with Gasteiger partial charge in [-0.25, -0.2) is 9.69 Å². The van der Waals surface area contributed by atoms with Gasteiger partial charge in [-0.1, -0.05) is 59.7 Å². The van der Waals surface area contributed by atoms with Gasteiger partial charge in [0, 0.05) is 6.04 Å². The third-order valence-corrected chi connectivity index (χ3v) is 10.9. The van der Waals surface area contributed by atoms with Crippen molar-refractivity contribution >= 4 is 19.9 Å². The van der Waals surface area contributed by atoms with Gasteiger partial charge in [0.1, 0.15) is 8.07 Å². The molecule has 0 aromatic heterocycles. The fourth-order valence-electron chi connectivity index (χ4n) is 3.47. The number of anilines is 1. The second-order valence-electron chi connectivity index (χ2n) is 6.77. The Hall–Kier alpha value is -1.73. The summed E-state index contributed by atoms with van der Waals surface area (Å²) in [5, 5.41) is 0. The fourth-order valence-corrected chi connectivity index (χ4v) is 8.64. The molecule has 0 atom stereocenters. The minimum absolute atomic E-state index is 0.442. The molecule has 23 heavy (non-hydrogen) atoms. The molecule has 4 heteroatoms. The number of ether oxygens (including phenoxy) is 1. The lowest BCUT2D eigenvalue weighted by atomic mass is 10.3. The van der Waals surface area contributed by atoms with Crippen LogP contribution in [0.15, 0.2) is 30.3 Å². The Balaban J connectivity index is 3.37. The first kappa shape index (κ1) is 19.3. The summed E-state index contributed by atoms with van der Waals surface area (Å²) in [7, 11) is -0.506. The van der Waals surface area contributed by atoms with Crippen LogP contribution in [0.1, 0.15) is 41.5 Å². The minimum atomic E-state index is -1.89. The van der Waals surface area contributed by atoms with Gasteiger partial charge >= 0.3 is 6.09 Å². The molecule has 0 fully saturated rings. The summed E-state index contributed by atoms with van der Waals surface area (Å²) in [6, 6.07) is 12.6. The predicted octanol–water partition coefficient (Wildman–Crippen LogP) is 5.44. The molecule has 0 spiro atoms. The molecule has 0 aliphatic heterocycles. The van der Waals surface area contributed by atoms with Crippen LogP contribution in [0.4, 0.5) is 10.5 Å². The molecule has 0 unspecified atom stereocenters. The van der Waals surface area contributed by atoms with Gasteiger partial charge in [0.05, 0.1) is 12.8 Å². The number of amides is 1. The number of hydrogen-bond donors (Lipinski definition) is 0. The molecule has 0 aliphatic rings. The van der Waals surface area contributed by atoms with Gasteiger partial charge in [0.15, 0.2) is 0 Å². The van der Waals surface area contributed by atoms with Crippen LogP contribution >= 0.6 is 0 Å². The van der Waals surface area contributed by atoms with Gasteiger partial charge in [-0.3, -0.25) is 0 Å². The lowest BCUT2D eigenvalue weighted by molar-refractivity contribution is 0.182. The average Bonchev–Trinajstić information content (AvgIpc) is 2.50. The first-order chi connectivity index (χ1) is 10.8. The van der Waals surface area contributed by atoms with Crippen molar-refractivity contribution in [1.29, 1.82) is 0 Å². The van der Waals surface area contributed by atoms with E-state index in [1.165, 1.54) is 12.0 Å². The molecule has 0 aliphatic carbocycles. The monoisotopic (exact) mass is 331 g/mol. The number of benzene rings is 1. The molecule has 0 saturated carbocycles. The Kier molecular flexibility index (Phi) is 6.90. The Bertz CT molecular complexity index is 548. The summed E-state index contributed by atoms with van der Waals surface area (Å²) in [6.45, 7) is 13.5. The Morgan fingerprint density at radius 1 is 1.00 bits per heavy atom. The predicted molar refractivity (Wildman–Crippen MR) is 100 cm³/mol. The molecule has 1 aromatic rings. The molecule has 1 rings (SSSR count). The summed E-state index contributed by atoms with van der Waals surface area (Å²) in [4.78, 5) is 13.6. The number of para-hydroxylation sites is 1. The van der Waals surface area contributed by atoms with Crippen LogP contribution in [0.2, 0.25) is 16.6 Å². The van der Waals surface area contributed by atoms with Gasteiger partial charge in [-0.05, 0) is 28.8 Å². The highest BCUT2D eigenvalue weighted by Crippen LogP contribution is 2.40. The van der Waals surface area contributed by atoms with E-state index < -0.39 is 14.2 Å². The number of carbonyl (C=O) groups is 1. The van der Waals surface area contributed by atoms with E-state index in [4.69, 9.17) is 4.74 Å². The van der Waals surface area contributed by atoms with Crippen LogP contribution in [0.5, 0.6) is 0 Å². The molecule has 3 nitrogen and oxygen atoms in total. The Labute approximate surface area is 142 Å². The first-order valence-electron chi connectivity index (χ1n) is 8.23. The molecule has 126 valence electrons. The number of methoxy groups -OCH3 is 1. The molecular formula is C19H29NO2Si. The Morgan fingerprint density at radius 2 is 1.48 bits per heavy atom. The highest BCUT2D eigenvalue weighted by molar-refractivity contribution is 6.90. The largest absolute Gasteiger partial charge is 0.452 e. The van der Waals surface area contributed by atoms with Crippen LogP contribution in [-0.4, -0.2) is 21.3 Å². The molecule has 0 radical (unpaired) electrons. The van der Waals surface area contributed by atoms with Crippen LogP contribution in [0.3, 0.4) is 0 Å². The number of rotatable bonds is 4. The zero-order valence-electron chi connectivity index (χ0n) is 15.4. The van der Waals surface area contributed by atoms with Crippen LogP contribution in [0.25, 0.3) is 0 Å². The quantitative estimate of drug-likeness (QED) is 0.418. The molecule has 0 N–H and O–H groups in total. The number of carbonyl (C=O) groups excluding carboxylic acids is 1. The van der Waals surface area contributed by atoms with E-state index in [0.717, 1.165) is 5.69 Å². The standard InChI is InChI=1S/C19H29NO2Si/c1-15(2)23(16(3)4,17(5)6)14-13-20(19(21)22-7)18-11-9-8-10-12-18/h8-12,15-17H,1-7H3. The first-order valence-corrected chi connectivity index (χ1v) is 10.5. The van der Waals surface area contributed by atoms with Crippen molar-refractivity contribution in [3.8, 4) is 11.6 Å². The van der Waals surface area contributed by atoms with Gasteiger partial charge in [-0.2, -0.15) is 0 Å². The molecule has 0 heterocycles. The van der Waals surface area contributed by atoms with Crippen molar-refractivity contribution in [3.63, 3.8) is 0 Å². The lowest BCUT2D eigenvalue weighted by Crippen LogP contribution is -2.44. The van der Waals surface area contributed by atoms with Gasteiger partial charge in [0.25, 0.3) is 0 Å². The van der Waals surface area contributed by atoms with Gasteiger partial charge in [0.2, 0.25) is 0 Å². The van der Waals surface area contributed by atoms with Crippen LogP contribution in [-0.2, 0) is 4.74 Å². The van der Waals surface area contributed by atoms with E-state index >= 15 is 0 Å². The third kappa shape index (κ3) is 4.17. The maximum Gasteiger partial charge on any atom is 0.426 e. The topological polar surface area (TPSA) is 29.5 Å². The third-order valence-electron chi connectivity index (χ3n) is 4.62. The van der Waals surface area contributed by atoms with E-state index in [-0.39, 0.29) is 0 Å². The van der Waals surface area contributed by atoms with E-state index in [2.05, 4.69) is 53.1 Å². The minimum Gasteiger partial charge on any atom is -0.452 e. The normalized spacial score (nSPS) is 11.4. The summed E-state index contributed by atoms with van der Waals surface area (Å²) < 4.78 is 4.91. The summed E-state index contributed by atoms with van der Waals surface area (Å²) in [5.74, 6) is 0. The zero-order valence-corrected chi connectivity index (χ0v) is 16.4. The molecule has 0 bridgehead atoms. The maximum absolute atomic E-state index is 12.2. The number of hydrogen-bond acceptors (Lipinski definition) is 2. The van der Waals surface area contributed by atoms with E-state index in [9.17, 15) is 4.79 Å². The van der Waals surface area contributed by atoms with Crippen molar-refractivity contribution in [3.05, 3.63) is 30.3 Å². The second-order valence-corrected chi connectivity index (χ2v) is 12.4. The second kappa shape index (κ2) is 8.21. The SMILES string of the molecule is COC(=O)N(C#C[Si](C(C)C)(C(C)C)C(C)C)c1ccccc1. The highest BCUT2D eigenvalue weighted by atomic mass is 28.3. The van der Waals surface area contributed by atoms with E-state index in [1.54, 1.807) is 0 Å². The van der Waals surface area contributed by atoms with Crippen molar-refractivity contribution in [2.24, 2.45) is 0 Å². The Morgan fingerprint density at radius 3 is 1.87 bits per heavy atom. The van der Waals surface area contributed by atoms with E-state index in [1.807, 2.05) is 30.3 Å². The fraction of sp³-hybridized carbons (Fsp3) is 0.526. The highest BCUT2D eigenvalue weighted by Gasteiger charge is 2.42. The smallest absolute Gasteiger partial charge is 0.426 e. The van der Waals surface area contributed by atoms with Crippen LogP contribution < -0.4 is 4.90 Å². The molecular weight excluding hydrogens is 302 g/mol. The summed E-state index contributed by atoms with van der Waals surface area (Å²) in [6.07, 6.45) is -0.442. The molecule has 0 saturated heterocycles.